The number of carbonyl (C=O) groups excluding carboxylic acids is 1. The molecule has 0 atom stereocenters. The number of hydrogen-bond donors (Lipinski definition) is 0. The monoisotopic (exact) mass is 216 g/mol. The first-order valence-corrected chi connectivity index (χ1v) is 6.08. The molecule has 1 aromatic rings. The summed E-state index contributed by atoms with van der Waals surface area (Å²) in [5.74, 6) is 0.999. The molecule has 0 radical (unpaired) electrons. The van der Waals surface area contributed by atoms with Crippen molar-refractivity contribution in [3.63, 3.8) is 0 Å². The van der Waals surface area contributed by atoms with Gasteiger partial charge in [-0.1, -0.05) is 0 Å². The van der Waals surface area contributed by atoms with E-state index < -0.39 is 0 Å². The summed E-state index contributed by atoms with van der Waals surface area (Å²) in [7, 11) is 0. The molecule has 1 fully saturated rings. The third-order valence-corrected chi connectivity index (χ3v) is 3.91. The fraction of sp³-hybridized carbons (Fsp3) is 0.500. The van der Waals surface area contributed by atoms with Crippen LogP contribution in [-0.4, -0.2) is 11.9 Å². The Bertz CT molecular complexity index is 417. The molecule has 1 aliphatic heterocycles. The Balaban J connectivity index is 1.92. The number of rotatable bonds is 1. The molecule has 1 heterocycles. The van der Waals surface area contributed by atoms with Gasteiger partial charge < -0.3 is 4.74 Å². The summed E-state index contributed by atoms with van der Waals surface area (Å²) in [6.45, 7) is 0. The van der Waals surface area contributed by atoms with Gasteiger partial charge in [-0.05, 0) is 62.3 Å². The Labute approximate surface area is 95.6 Å². The molecule has 0 bridgehead atoms. The third-order valence-electron chi connectivity index (χ3n) is 3.91. The van der Waals surface area contributed by atoms with Crippen molar-refractivity contribution in [2.75, 3.05) is 0 Å². The van der Waals surface area contributed by atoms with Gasteiger partial charge in [-0.3, -0.25) is 4.79 Å². The number of carbonyl (C=O) groups is 1. The van der Waals surface area contributed by atoms with Gasteiger partial charge in [0, 0.05) is 5.56 Å². The van der Waals surface area contributed by atoms with Crippen LogP contribution in [-0.2, 0) is 6.42 Å². The molecular weight excluding hydrogens is 200 g/mol. The molecule has 84 valence electrons. The van der Waals surface area contributed by atoms with Gasteiger partial charge in [-0.15, -0.1) is 0 Å². The second-order valence-corrected chi connectivity index (χ2v) is 4.98. The van der Waals surface area contributed by atoms with Gasteiger partial charge >= 0.3 is 0 Å². The molecule has 1 saturated carbocycles. The van der Waals surface area contributed by atoms with Crippen LogP contribution in [0, 0.1) is 0 Å². The number of benzene rings is 1. The van der Waals surface area contributed by atoms with Crippen LogP contribution in [0.5, 0.6) is 5.75 Å². The Hall–Kier alpha value is -1.31. The lowest BCUT2D eigenvalue weighted by Crippen LogP contribution is -2.36. The lowest BCUT2D eigenvalue weighted by Gasteiger charge is -2.35. The maximum atomic E-state index is 10.7. The van der Waals surface area contributed by atoms with Crippen molar-refractivity contribution in [1.82, 2.24) is 0 Å². The highest BCUT2D eigenvalue weighted by molar-refractivity contribution is 5.75. The van der Waals surface area contributed by atoms with E-state index in [0.717, 1.165) is 30.4 Å². The fourth-order valence-corrected chi connectivity index (χ4v) is 2.99. The second-order valence-electron chi connectivity index (χ2n) is 4.98. The Morgan fingerprint density at radius 3 is 2.75 bits per heavy atom. The quantitative estimate of drug-likeness (QED) is 0.674. The third kappa shape index (κ3) is 1.53. The van der Waals surface area contributed by atoms with Crippen molar-refractivity contribution < 1.29 is 9.53 Å². The van der Waals surface area contributed by atoms with Crippen LogP contribution in [0.2, 0.25) is 0 Å². The van der Waals surface area contributed by atoms with Crippen molar-refractivity contribution in [3.05, 3.63) is 29.3 Å². The Morgan fingerprint density at radius 2 is 2.00 bits per heavy atom. The normalized spacial score (nSPS) is 21.5. The summed E-state index contributed by atoms with van der Waals surface area (Å²) in [5, 5.41) is 0. The van der Waals surface area contributed by atoms with Gasteiger partial charge in [0.1, 0.15) is 17.6 Å². The molecule has 0 unspecified atom stereocenters. The highest BCUT2D eigenvalue weighted by atomic mass is 16.5. The minimum atomic E-state index is 0.121. The van der Waals surface area contributed by atoms with Gasteiger partial charge in [-0.2, -0.15) is 0 Å². The standard InChI is InChI=1S/C14H16O2/c15-10-11-3-4-13-12(9-11)5-8-14(16-13)6-1-2-7-14/h3-4,9-10H,1-2,5-8H2. The molecule has 16 heavy (non-hydrogen) atoms. The second kappa shape index (κ2) is 3.62. The largest absolute Gasteiger partial charge is 0.487 e. The Morgan fingerprint density at radius 1 is 1.19 bits per heavy atom. The lowest BCUT2D eigenvalue weighted by atomic mass is 9.89. The summed E-state index contributed by atoms with van der Waals surface area (Å²) >= 11 is 0. The number of hydrogen-bond acceptors (Lipinski definition) is 2. The highest BCUT2D eigenvalue weighted by Crippen LogP contribution is 2.42. The van der Waals surface area contributed by atoms with E-state index >= 15 is 0 Å². The van der Waals surface area contributed by atoms with E-state index in [4.69, 9.17) is 4.74 Å². The molecule has 0 saturated heterocycles. The molecule has 1 aromatic carbocycles. The first-order chi connectivity index (χ1) is 7.81. The first-order valence-electron chi connectivity index (χ1n) is 6.08. The molecule has 1 aliphatic carbocycles. The van der Waals surface area contributed by atoms with E-state index in [2.05, 4.69) is 0 Å². The minimum Gasteiger partial charge on any atom is -0.487 e. The zero-order chi connectivity index (χ0) is 11.0. The van der Waals surface area contributed by atoms with Crippen LogP contribution in [0.4, 0.5) is 0 Å². The molecule has 2 heteroatoms. The van der Waals surface area contributed by atoms with Gasteiger partial charge in [0.25, 0.3) is 0 Å². The number of aryl methyl sites for hydroxylation is 1. The molecule has 2 nitrogen and oxygen atoms in total. The van der Waals surface area contributed by atoms with Gasteiger partial charge in [0.15, 0.2) is 0 Å². The first kappa shape index (κ1) is 9.88. The van der Waals surface area contributed by atoms with Gasteiger partial charge in [0.05, 0.1) is 0 Å². The van der Waals surface area contributed by atoms with E-state index in [1.807, 2.05) is 18.2 Å². The van der Waals surface area contributed by atoms with Crippen molar-refractivity contribution in [1.29, 1.82) is 0 Å². The molecule has 0 aromatic heterocycles. The van der Waals surface area contributed by atoms with Gasteiger partial charge in [0.2, 0.25) is 0 Å². The fourth-order valence-electron chi connectivity index (χ4n) is 2.99. The van der Waals surface area contributed by atoms with E-state index in [1.54, 1.807) is 0 Å². The molecule has 3 rings (SSSR count). The summed E-state index contributed by atoms with van der Waals surface area (Å²) < 4.78 is 6.16. The smallest absolute Gasteiger partial charge is 0.150 e. The SMILES string of the molecule is O=Cc1ccc2c(c1)CCC1(CCCC1)O2. The van der Waals surface area contributed by atoms with Crippen LogP contribution in [0.1, 0.15) is 48.0 Å². The summed E-state index contributed by atoms with van der Waals surface area (Å²) in [6, 6.07) is 5.77. The number of ether oxygens (including phenoxy) is 1. The maximum Gasteiger partial charge on any atom is 0.150 e. The predicted octanol–water partition coefficient (Wildman–Crippen LogP) is 3.14. The maximum absolute atomic E-state index is 10.7. The zero-order valence-electron chi connectivity index (χ0n) is 9.37. The zero-order valence-corrected chi connectivity index (χ0v) is 9.37. The summed E-state index contributed by atoms with van der Waals surface area (Å²) in [6.07, 6.45) is 8.05. The van der Waals surface area contributed by atoms with E-state index in [0.29, 0.717) is 0 Å². The molecule has 2 aliphatic rings. The molecule has 0 N–H and O–H groups in total. The van der Waals surface area contributed by atoms with Crippen LogP contribution in [0.25, 0.3) is 0 Å². The van der Waals surface area contributed by atoms with Crippen LogP contribution < -0.4 is 4.74 Å². The van der Waals surface area contributed by atoms with Crippen molar-refractivity contribution in [3.8, 4) is 5.75 Å². The van der Waals surface area contributed by atoms with Crippen LogP contribution >= 0.6 is 0 Å². The highest BCUT2D eigenvalue weighted by Gasteiger charge is 2.38. The topological polar surface area (TPSA) is 26.3 Å². The van der Waals surface area contributed by atoms with Crippen LogP contribution in [0.3, 0.4) is 0 Å². The predicted molar refractivity (Wildman–Crippen MR) is 62.0 cm³/mol. The van der Waals surface area contributed by atoms with Crippen molar-refractivity contribution in [2.24, 2.45) is 0 Å². The minimum absolute atomic E-state index is 0.121. The van der Waals surface area contributed by atoms with E-state index in [-0.39, 0.29) is 5.60 Å². The lowest BCUT2D eigenvalue weighted by molar-refractivity contribution is 0.0533. The number of aldehydes is 1. The summed E-state index contributed by atoms with van der Waals surface area (Å²) in [5.41, 5.74) is 2.07. The van der Waals surface area contributed by atoms with Crippen LogP contribution in [0.15, 0.2) is 18.2 Å². The summed E-state index contributed by atoms with van der Waals surface area (Å²) in [4.78, 5) is 10.7. The molecule has 1 spiro atoms. The average Bonchev–Trinajstić information content (AvgIpc) is 2.77. The molecular formula is C14H16O2. The average molecular weight is 216 g/mol. The van der Waals surface area contributed by atoms with Crippen molar-refractivity contribution >= 4 is 6.29 Å². The Kier molecular flexibility index (Phi) is 2.23. The van der Waals surface area contributed by atoms with Gasteiger partial charge in [-0.25, -0.2) is 0 Å². The van der Waals surface area contributed by atoms with E-state index in [1.165, 1.54) is 31.2 Å². The van der Waals surface area contributed by atoms with Crippen molar-refractivity contribution in [2.45, 2.75) is 44.1 Å². The molecule has 0 amide bonds. The van der Waals surface area contributed by atoms with E-state index in [9.17, 15) is 4.79 Å². The number of fused-ring (bicyclic) bond motifs is 1.